The van der Waals surface area contributed by atoms with Crippen molar-refractivity contribution in [2.24, 2.45) is 0 Å². The van der Waals surface area contributed by atoms with Crippen molar-refractivity contribution in [1.82, 2.24) is 9.21 Å². The molecule has 1 aromatic heterocycles. The van der Waals surface area contributed by atoms with E-state index in [4.69, 9.17) is 21.1 Å². The number of hydrogen-bond acceptors (Lipinski definition) is 6. The Bertz CT molecular complexity index is 1150. The quantitative estimate of drug-likeness (QED) is 0.422. The van der Waals surface area contributed by atoms with Crippen LogP contribution in [0.3, 0.4) is 0 Å². The van der Waals surface area contributed by atoms with Gasteiger partial charge in [-0.15, -0.1) is 11.3 Å². The number of rotatable bonds is 9. The summed E-state index contributed by atoms with van der Waals surface area (Å²) >= 11 is 7.38. The molecule has 2 heterocycles. The summed E-state index contributed by atoms with van der Waals surface area (Å²) in [6.07, 6.45) is -0.195. The summed E-state index contributed by atoms with van der Waals surface area (Å²) in [5, 5.41) is 2.47. The number of methoxy groups -OCH3 is 1. The van der Waals surface area contributed by atoms with Crippen LogP contribution in [0.4, 0.5) is 0 Å². The summed E-state index contributed by atoms with van der Waals surface area (Å²) < 4.78 is 39.4. The van der Waals surface area contributed by atoms with Crippen LogP contribution in [0.25, 0.3) is 0 Å². The Morgan fingerprint density at radius 3 is 2.52 bits per heavy atom. The predicted octanol–water partition coefficient (Wildman–Crippen LogP) is 4.67. The standard InChI is InChI=1S/C24H27ClN2O4S2/c1-30-22-8-3-6-20(16-22)23(31-18-19-5-2-7-21(25)15-19)17-26-10-12-27(13-11-26)33(28,29)24-9-4-14-32-24/h2-9,14-16,23H,10-13,17-18H2,1H3. The second kappa shape index (κ2) is 11.0. The molecule has 0 aliphatic carbocycles. The largest absolute Gasteiger partial charge is 0.497 e. The molecule has 1 unspecified atom stereocenters. The number of piperazine rings is 1. The molecule has 1 aliphatic heterocycles. The fourth-order valence-corrected chi connectivity index (χ4v) is 6.62. The Kier molecular flexibility index (Phi) is 8.06. The second-order valence-electron chi connectivity index (χ2n) is 7.84. The minimum Gasteiger partial charge on any atom is -0.497 e. The molecule has 0 bridgehead atoms. The maximum Gasteiger partial charge on any atom is 0.252 e. The van der Waals surface area contributed by atoms with Gasteiger partial charge in [0.15, 0.2) is 0 Å². The maximum absolute atomic E-state index is 12.8. The molecular formula is C24H27ClN2O4S2. The number of benzene rings is 2. The van der Waals surface area contributed by atoms with Gasteiger partial charge in [-0.05, 0) is 46.8 Å². The number of ether oxygens (including phenoxy) is 2. The van der Waals surface area contributed by atoms with E-state index in [1.807, 2.05) is 48.5 Å². The molecule has 1 atom stereocenters. The molecule has 0 saturated carbocycles. The SMILES string of the molecule is COc1cccc(C(CN2CCN(S(=O)(=O)c3cccs3)CC2)OCc2cccc(Cl)c2)c1. The van der Waals surface area contributed by atoms with Gasteiger partial charge in [0.25, 0.3) is 10.0 Å². The number of sulfonamides is 1. The fraction of sp³-hybridized carbons (Fsp3) is 0.333. The van der Waals surface area contributed by atoms with Gasteiger partial charge in [0.05, 0.1) is 19.8 Å². The first-order valence-corrected chi connectivity index (χ1v) is 13.4. The van der Waals surface area contributed by atoms with Gasteiger partial charge in [-0.1, -0.05) is 41.9 Å². The van der Waals surface area contributed by atoms with Crippen molar-refractivity contribution in [2.45, 2.75) is 16.9 Å². The Balaban J connectivity index is 1.44. The Morgan fingerprint density at radius 1 is 1.03 bits per heavy atom. The van der Waals surface area contributed by atoms with Crippen LogP contribution in [0.15, 0.2) is 70.3 Å². The highest BCUT2D eigenvalue weighted by Gasteiger charge is 2.30. The summed E-state index contributed by atoms with van der Waals surface area (Å²) in [7, 11) is -1.77. The van der Waals surface area contributed by atoms with Gasteiger partial charge in [0, 0.05) is 37.7 Å². The molecule has 0 spiro atoms. The van der Waals surface area contributed by atoms with E-state index in [0.717, 1.165) is 16.9 Å². The van der Waals surface area contributed by atoms with E-state index in [1.165, 1.54) is 11.3 Å². The molecule has 1 saturated heterocycles. The lowest BCUT2D eigenvalue weighted by Gasteiger charge is -2.35. The van der Waals surface area contributed by atoms with Gasteiger partial charge in [-0.3, -0.25) is 4.90 Å². The third-order valence-electron chi connectivity index (χ3n) is 5.65. The number of nitrogens with zero attached hydrogens (tertiary/aromatic N) is 2. The molecule has 6 nitrogen and oxygen atoms in total. The second-order valence-corrected chi connectivity index (χ2v) is 11.4. The lowest BCUT2D eigenvalue weighted by Crippen LogP contribution is -2.49. The van der Waals surface area contributed by atoms with Crippen LogP contribution < -0.4 is 4.74 Å². The highest BCUT2D eigenvalue weighted by molar-refractivity contribution is 7.91. The molecule has 0 N–H and O–H groups in total. The Hall–Kier alpha value is -1.94. The fourth-order valence-electron chi connectivity index (χ4n) is 3.84. The summed E-state index contributed by atoms with van der Waals surface area (Å²) in [6, 6.07) is 19.0. The first kappa shape index (κ1) is 24.2. The molecule has 4 rings (SSSR count). The molecule has 2 aromatic carbocycles. The zero-order valence-electron chi connectivity index (χ0n) is 18.4. The highest BCUT2D eigenvalue weighted by Crippen LogP contribution is 2.27. The van der Waals surface area contributed by atoms with Crippen LogP contribution >= 0.6 is 22.9 Å². The third-order valence-corrected chi connectivity index (χ3v) is 9.16. The zero-order valence-corrected chi connectivity index (χ0v) is 20.8. The molecule has 1 fully saturated rings. The third kappa shape index (κ3) is 6.15. The molecule has 9 heteroatoms. The van der Waals surface area contributed by atoms with Crippen LogP contribution in [0.5, 0.6) is 5.75 Å². The summed E-state index contributed by atoms with van der Waals surface area (Å²) in [5.74, 6) is 0.774. The van der Waals surface area contributed by atoms with E-state index >= 15 is 0 Å². The lowest BCUT2D eigenvalue weighted by atomic mass is 10.1. The van der Waals surface area contributed by atoms with E-state index in [-0.39, 0.29) is 6.10 Å². The predicted molar refractivity (Wildman–Crippen MR) is 131 cm³/mol. The van der Waals surface area contributed by atoms with Crippen LogP contribution in [0.2, 0.25) is 5.02 Å². The first-order chi connectivity index (χ1) is 16.0. The topological polar surface area (TPSA) is 59.1 Å². The summed E-state index contributed by atoms with van der Waals surface area (Å²) in [6.45, 7) is 3.28. The van der Waals surface area contributed by atoms with Crippen molar-refractivity contribution in [1.29, 1.82) is 0 Å². The zero-order chi connectivity index (χ0) is 23.3. The monoisotopic (exact) mass is 506 g/mol. The Morgan fingerprint density at radius 2 is 1.82 bits per heavy atom. The Labute approximate surface area is 204 Å². The number of halogens is 1. The smallest absolute Gasteiger partial charge is 0.252 e. The van der Waals surface area contributed by atoms with E-state index in [0.29, 0.717) is 48.6 Å². The van der Waals surface area contributed by atoms with E-state index < -0.39 is 10.0 Å². The molecule has 176 valence electrons. The van der Waals surface area contributed by atoms with Crippen LogP contribution in [-0.4, -0.2) is 57.5 Å². The van der Waals surface area contributed by atoms with Gasteiger partial charge in [0.1, 0.15) is 9.96 Å². The van der Waals surface area contributed by atoms with Crippen molar-refractivity contribution < 1.29 is 17.9 Å². The van der Waals surface area contributed by atoms with Gasteiger partial charge in [-0.25, -0.2) is 8.42 Å². The van der Waals surface area contributed by atoms with E-state index in [9.17, 15) is 8.42 Å². The van der Waals surface area contributed by atoms with Crippen LogP contribution in [-0.2, 0) is 21.4 Å². The van der Waals surface area contributed by atoms with E-state index in [2.05, 4.69) is 4.90 Å². The van der Waals surface area contributed by atoms with Crippen molar-refractivity contribution in [3.8, 4) is 5.75 Å². The average Bonchev–Trinajstić information content (AvgIpc) is 3.38. The highest BCUT2D eigenvalue weighted by atomic mass is 35.5. The van der Waals surface area contributed by atoms with Crippen molar-refractivity contribution in [2.75, 3.05) is 39.8 Å². The maximum atomic E-state index is 12.8. The molecule has 0 amide bonds. The van der Waals surface area contributed by atoms with Gasteiger partial charge in [-0.2, -0.15) is 4.31 Å². The molecule has 33 heavy (non-hydrogen) atoms. The van der Waals surface area contributed by atoms with Crippen LogP contribution in [0, 0.1) is 0 Å². The molecule has 1 aliphatic rings. The minimum atomic E-state index is -3.42. The van der Waals surface area contributed by atoms with Gasteiger partial charge >= 0.3 is 0 Å². The van der Waals surface area contributed by atoms with Crippen LogP contribution in [0.1, 0.15) is 17.2 Å². The molecule has 0 radical (unpaired) electrons. The average molecular weight is 507 g/mol. The lowest BCUT2D eigenvalue weighted by molar-refractivity contribution is 0.00764. The summed E-state index contributed by atoms with van der Waals surface area (Å²) in [5.41, 5.74) is 2.02. The van der Waals surface area contributed by atoms with Crippen molar-refractivity contribution >= 4 is 33.0 Å². The molecular weight excluding hydrogens is 480 g/mol. The minimum absolute atomic E-state index is 0.195. The number of hydrogen-bond donors (Lipinski definition) is 0. The van der Waals surface area contributed by atoms with E-state index in [1.54, 1.807) is 28.9 Å². The normalized spacial score (nSPS) is 16.5. The first-order valence-electron chi connectivity index (χ1n) is 10.7. The van der Waals surface area contributed by atoms with Crippen molar-refractivity contribution in [3.63, 3.8) is 0 Å². The van der Waals surface area contributed by atoms with Gasteiger partial charge < -0.3 is 9.47 Å². The van der Waals surface area contributed by atoms with Gasteiger partial charge in [0.2, 0.25) is 0 Å². The summed E-state index contributed by atoms with van der Waals surface area (Å²) in [4.78, 5) is 2.25. The van der Waals surface area contributed by atoms with Crippen molar-refractivity contribution in [3.05, 3.63) is 82.2 Å². The number of thiophene rings is 1. The molecule has 3 aromatic rings.